The van der Waals surface area contributed by atoms with Crippen LogP contribution in [0, 0.1) is 5.41 Å². The maximum absolute atomic E-state index is 10.3. The number of ether oxygens (including phenoxy) is 1. The van der Waals surface area contributed by atoms with Crippen LogP contribution in [0.1, 0.15) is 33.1 Å². The van der Waals surface area contributed by atoms with Gasteiger partial charge in [-0.2, -0.15) is 0 Å². The Labute approximate surface area is 60.9 Å². The summed E-state index contributed by atoms with van der Waals surface area (Å²) < 4.78 is 4.50. The van der Waals surface area contributed by atoms with Crippen molar-refractivity contribution in [2.45, 2.75) is 33.1 Å². The summed E-state index contributed by atoms with van der Waals surface area (Å²) in [6.45, 7) is 3.33. The van der Waals surface area contributed by atoms with E-state index < -0.39 is 5.97 Å². The molecule has 0 aliphatic heterocycles. The third-order valence-electron chi connectivity index (χ3n) is 1.02. The van der Waals surface area contributed by atoms with Gasteiger partial charge in [0.2, 0.25) is 0 Å². The van der Waals surface area contributed by atoms with Crippen LogP contribution >= 0.6 is 0 Å². The van der Waals surface area contributed by atoms with Gasteiger partial charge in [-0.3, -0.25) is 10.2 Å². The van der Waals surface area contributed by atoms with E-state index in [1.54, 1.807) is 0 Å². The molecule has 3 heteroatoms. The summed E-state index contributed by atoms with van der Waals surface area (Å²) in [7, 11) is 0. The summed E-state index contributed by atoms with van der Waals surface area (Å²) in [5, 5.41) is 7.08. The standard InChI is InChI=1S/C7H13NO2/c1-3-4-5-7(8)10-6(2)9/h8H,3-5H2,1-2H3. The van der Waals surface area contributed by atoms with Crippen molar-refractivity contribution in [1.29, 1.82) is 5.41 Å². The molecule has 0 saturated carbocycles. The zero-order valence-corrected chi connectivity index (χ0v) is 6.44. The lowest BCUT2D eigenvalue weighted by molar-refractivity contribution is -0.133. The zero-order chi connectivity index (χ0) is 7.98. The van der Waals surface area contributed by atoms with Crippen LogP contribution in [-0.2, 0) is 9.53 Å². The Kier molecular flexibility index (Phi) is 4.54. The van der Waals surface area contributed by atoms with E-state index in [0.29, 0.717) is 6.42 Å². The monoisotopic (exact) mass is 143 g/mol. The first-order chi connectivity index (χ1) is 4.66. The molecule has 0 aromatic rings. The normalized spacial score (nSPS) is 9.00. The molecule has 10 heavy (non-hydrogen) atoms. The highest BCUT2D eigenvalue weighted by Gasteiger charge is 1.99. The third kappa shape index (κ3) is 5.28. The van der Waals surface area contributed by atoms with Gasteiger partial charge in [-0.1, -0.05) is 13.3 Å². The van der Waals surface area contributed by atoms with Crippen LogP contribution in [0.25, 0.3) is 0 Å². The van der Waals surface area contributed by atoms with Crippen molar-refractivity contribution in [2.75, 3.05) is 0 Å². The summed E-state index contributed by atoms with van der Waals surface area (Å²) in [4.78, 5) is 10.3. The average Bonchev–Trinajstić information content (AvgIpc) is 1.82. The largest absolute Gasteiger partial charge is 0.412 e. The molecule has 0 aliphatic rings. The van der Waals surface area contributed by atoms with E-state index in [9.17, 15) is 4.79 Å². The molecule has 0 unspecified atom stereocenters. The number of carbonyl (C=O) groups excluding carboxylic acids is 1. The number of nitrogens with one attached hydrogen (secondary N) is 1. The molecule has 58 valence electrons. The Hall–Kier alpha value is -0.860. The van der Waals surface area contributed by atoms with Crippen LogP contribution in [0.15, 0.2) is 0 Å². The number of carbonyl (C=O) groups is 1. The van der Waals surface area contributed by atoms with E-state index in [-0.39, 0.29) is 5.90 Å². The third-order valence-corrected chi connectivity index (χ3v) is 1.02. The van der Waals surface area contributed by atoms with Crippen molar-refractivity contribution in [3.8, 4) is 0 Å². The maximum atomic E-state index is 10.3. The van der Waals surface area contributed by atoms with Crippen molar-refractivity contribution in [3.05, 3.63) is 0 Å². The highest BCUT2D eigenvalue weighted by molar-refractivity contribution is 5.85. The van der Waals surface area contributed by atoms with Crippen molar-refractivity contribution >= 4 is 11.9 Å². The number of unbranched alkanes of at least 4 members (excludes halogenated alkanes) is 1. The van der Waals surface area contributed by atoms with Gasteiger partial charge in [-0.05, 0) is 6.42 Å². The molecule has 0 amide bonds. The molecule has 0 bridgehead atoms. The molecule has 0 atom stereocenters. The molecule has 0 aromatic carbocycles. The fourth-order valence-corrected chi connectivity index (χ4v) is 0.562. The smallest absolute Gasteiger partial charge is 0.309 e. The predicted octanol–water partition coefficient (Wildman–Crippen LogP) is 1.72. The SMILES string of the molecule is CCCCC(=N)OC(C)=O. The molecule has 1 N–H and O–H groups in total. The van der Waals surface area contributed by atoms with E-state index in [1.165, 1.54) is 6.92 Å². The van der Waals surface area contributed by atoms with Gasteiger partial charge >= 0.3 is 5.97 Å². The predicted molar refractivity (Wildman–Crippen MR) is 39.0 cm³/mol. The van der Waals surface area contributed by atoms with E-state index >= 15 is 0 Å². The first-order valence-electron chi connectivity index (χ1n) is 3.42. The van der Waals surface area contributed by atoms with Crippen LogP contribution in [0.2, 0.25) is 0 Å². The molecule has 0 radical (unpaired) electrons. The first-order valence-corrected chi connectivity index (χ1v) is 3.42. The average molecular weight is 143 g/mol. The van der Waals surface area contributed by atoms with Crippen LogP contribution in [0.3, 0.4) is 0 Å². The van der Waals surface area contributed by atoms with Gasteiger partial charge in [-0.15, -0.1) is 0 Å². The minimum absolute atomic E-state index is 0.0781. The molecule has 0 rings (SSSR count). The molecule has 0 heterocycles. The lowest BCUT2D eigenvalue weighted by Crippen LogP contribution is -2.07. The highest BCUT2D eigenvalue weighted by Crippen LogP contribution is 1.96. The molecule has 0 spiro atoms. The Morgan fingerprint density at radius 1 is 1.60 bits per heavy atom. The number of hydrogen-bond donors (Lipinski definition) is 1. The lowest BCUT2D eigenvalue weighted by Gasteiger charge is -2.00. The molecule has 0 fully saturated rings. The molecule has 0 aliphatic carbocycles. The lowest BCUT2D eigenvalue weighted by atomic mass is 10.2. The van der Waals surface area contributed by atoms with Gasteiger partial charge in [0.25, 0.3) is 0 Å². The van der Waals surface area contributed by atoms with Gasteiger partial charge in [-0.25, -0.2) is 0 Å². The Morgan fingerprint density at radius 2 is 2.20 bits per heavy atom. The summed E-state index contributed by atoms with van der Waals surface area (Å²) in [6.07, 6.45) is 2.49. The van der Waals surface area contributed by atoms with Gasteiger partial charge < -0.3 is 4.74 Å². The Balaban J connectivity index is 3.35. The van der Waals surface area contributed by atoms with Crippen LogP contribution in [0.5, 0.6) is 0 Å². The topological polar surface area (TPSA) is 50.1 Å². The molecular weight excluding hydrogens is 130 g/mol. The van der Waals surface area contributed by atoms with E-state index in [2.05, 4.69) is 4.74 Å². The van der Waals surface area contributed by atoms with E-state index in [4.69, 9.17) is 5.41 Å². The van der Waals surface area contributed by atoms with Gasteiger partial charge in [0.05, 0.1) is 0 Å². The molecule has 3 nitrogen and oxygen atoms in total. The van der Waals surface area contributed by atoms with Crippen LogP contribution < -0.4 is 0 Å². The summed E-state index contributed by atoms with van der Waals surface area (Å²) in [6, 6.07) is 0. The highest BCUT2D eigenvalue weighted by atomic mass is 16.5. The fraction of sp³-hybridized carbons (Fsp3) is 0.714. The van der Waals surface area contributed by atoms with Crippen molar-refractivity contribution in [2.24, 2.45) is 0 Å². The van der Waals surface area contributed by atoms with Crippen molar-refractivity contribution in [1.82, 2.24) is 0 Å². The first kappa shape index (κ1) is 9.14. The van der Waals surface area contributed by atoms with E-state index in [0.717, 1.165) is 12.8 Å². The number of rotatable bonds is 3. The molecular formula is C7H13NO2. The quantitative estimate of drug-likeness (QED) is 0.371. The van der Waals surface area contributed by atoms with Crippen LogP contribution in [-0.4, -0.2) is 11.9 Å². The minimum Gasteiger partial charge on any atom is -0.412 e. The second kappa shape index (κ2) is 4.97. The Morgan fingerprint density at radius 3 is 2.60 bits per heavy atom. The second-order valence-corrected chi connectivity index (χ2v) is 2.12. The molecule has 0 aromatic heterocycles. The Bertz CT molecular complexity index is 132. The second-order valence-electron chi connectivity index (χ2n) is 2.12. The zero-order valence-electron chi connectivity index (χ0n) is 6.44. The number of esters is 1. The fourth-order valence-electron chi connectivity index (χ4n) is 0.562. The van der Waals surface area contributed by atoms with E-state index in [1.807, 2.05) is 6.92 Å². The van der Waals surface area contributed by atoms with Gasteiger partial charge in [0.15, 0.2) is 5.90 Å². The van der Waals surface area contributed by atoms with Crippen molar-refractivity contribution < 1.29 is 9.53 Å². The summed E-state index contributed by atoms with van der Waals surface area (Å²) in [5.41, 5.74) is 0. The molecule has 0 saturated heterocycles. The summed E-state index contributed by atoms with van der Waals surface area (Å²) >= 11 is 0. The van der Waals surface area contributed by atoms with Crippen LogP contribution in [0.4, 0.5) is 0 Å². The van der Waals surface area contributed by atoms with Gasteiger partial charge in [0.1, 0.15) is 0 Å². The summed E-state index contributed by atoms with van der Waals surface area (Å²) in [5.74, 6) is -0.324. The number of hydrogen-bond acceptors (Lipinski definition) is 3. The minimum atomic E-state index is -0.402. The maximum Gasteiger partial charge on any atom is 0.309 e. The van der Waals surface area contributed by atoms with Crippen molar-refractivity contribution in [3.63, 3.8) is 0 Å². The van der Waals surface area contributed by atoms with Gasteiger partial charge in [0, 0.05) is 13.3 Å².